The Morgan fingerprint density at radius 3 is 2.94 bits per heavy atom. The van der Waals surface area contributed by atoms with Gasteiger partial charge in [0.1, 0.15) is 6.17 Å². The van der Waals surface area contributed by atoms with Crippen LogP contribution in [0.1, 0.15) is 18.7 Å². The number of amides is 1. The van der Waals surface area contributed by atoms with Crippen LogP contribution in [0.2, 0.25) is 0 Å². The second-order valence-corrected chi connectivity index (χ2v) is 4.51. The molecule has 0 aromatic carbocycles. The van der Waals surface area contributed by atoms with E-state index in [1.807, 2.05) is 16.8 Å². The molecular formula is C10H12F2N2OS. The zero-order valence-electron chi connectivity index (χ0n) is 8.69. The van der Waals surface area contributed by atoms with Gasteiger partial charge in [-0.25, -0.2) is 8.78 Å². The number of alkyl halides is 2. The molecule has 0 radical (unpaired) electrons. The van der Waals surface area contributed by atoms with Gasteiger partial charge in [0.25, 0.3) is 6.43 Å². The Hall–Kier alpha value is -1.01. The van der Waals surface area contributed by atoms with Crippen molar-refractivity contribution in [2.24, 2.45) is 0 Å². The van der Waals surface area contributed by atoms with Crippen LogP contribution in [0.4, 0.5) is 8.78 Å². The molecule has 2 heterocycles. The molecule has 6 heteroatoms. The number of nitrogens with zero attached hydrogens (tertiary/aromatic N) is 1. The van der Waals surface area contributed by atoms with Gasteiger partial charge in [0.05, 0.1) is 12.6 Å². The number of hydrogen-bond acceptors (Lipinski definition) is 3. The Balaban J connectivity index is 2.20. The number of halogens is 2. The highest BCUT2D eigenvalue weighted by Crippen LogP contribution is 2.27. The lowest BCUT2D eigenvalue weighted by Gasteiger charge is -2.23. The molecule has 0 bridgehead atoms. The third kappa shape index (κ3) is 2.08. The van der Waals surface area contributed by atoms with E-state index >= 15 is 0 Å². The Morgan fingerprint density at radius 1 is 1.62 bits per heavy atom. The van der Waals surface area contributed by atoms with Crippen LogP contribution in [0.15, 0.2) is 16.8 Å². The molecule has 0 aliphatic carbocycles. The molecule has 1 aromatic heterocycles. The first-order chi connectivity index (χ1) is 7.59. The Morgan fingerprint density at radius 2 is 2.38 bits per heavy atom. The molecule has 1 aliphatic heterocycles. The molecule has 16 heavy (non-hydrogen) atoms. The Bertz CT molecular complexity index is 369. The van der Waals surface area contributed by atoms with Gasteiger partial charge in [-0.15, -0.1) is 0 Å². The number of carbonyl (C=O) groups is 1. The number of hydrogen-bond donors (Lipinski definition) is 1. The molecule has 1 N–H and O–H groups in total. The van der Waals surface area contributed by atoms with Crippen LogP contribution in [0, 0.1) is 0 Å². The van der Waals surface area contributed by atoms with Crippen molar-refractivity contribution in [3.8, 4) is 0 Å². The van der Waals surface area contributed by atoms with Crippen molar-refractivity contribution >= 4 is 17.2 Å². The third-order valence-electron chi connectivity index (χ3n) is 2.57. The minimum atomic E-state index is -2.50. The van der Waals surface area contributed by atoms with Crippen LogP contribution in [0.25, 0.3) is 0 Å². The summed E-state index contributed by atoms with van der Waals surface area (Å²) in [7, 11) is 0. The summed E-state index contributed by atoms with van der Waals surface area (Å²) in [6.07, 6.45) is -2.92. The lowest BCUT2D eigenvalue weighted by atomic mass is 10.2. The van der Waals surface area contributed by atoms with Crippen molar-refractivity contribution in [2.75, 3.05) is 6.54 Å². The molecule has 1 fully saturated rings. The Labute approximate surface area is 96.1 Å². The molecule has 1 aromatic rings. The average Bonchev–Trinajstić information content (AvgIpc) is 2.81. The number of carbonyl (C=O) groups excluding carboxylic acids is 1. The molecule has 0 spiro atoms. The van der Waals surface area contributed by atoms with Gasteiger partial charge in [0.2, 0.25) is 5.91 Å². The van der Waals surface area contributed by atoms with E-state index in [1.165, 1.54) is 16.2 Å². The standard InChI is InChI=1S/C10H12F2N2OS/c1-6-10(15)14(4-8(11)12)9(13-6)7-2-3-16-5-7/h2-3,5-6,8-9,13H,4H2,1H3. The highest BCUT2D eigenvalue weighted by atomic mass is 32.1. The van der Waals surface area contributed by atoms with Gasteiger partial charge in [0.15, 0.2) is 0 Å². The maximum atomic E-state index is 12.4. The van der Waals surface area contributed by atoms with E-state index in [9.17, 15) is 13.6 Å². The van der Waals surface area contributed by atoms with E-state index < -0.39 is 25.2 Å². The Kier molecular flexibility index (Phi) is 3.20. The summed E-state index contributed by atoms with van der Waals surface area (Å²) < 4.78 is 24.8. The SMILES string of the molecule is CC1NC(c2ccsc2)N(CC(F)F)C1=O. The fourth-order valence-electron chi connectivity index (χ4n) is 1.82. The fourth-order valence-corrected chi connectivity index (χ4v) is 2.50. The molecule has 1 amide bonds. The molecule has 88 valence electrons. The molecular weight excluding hydrogens is 234 g/mol. The summed E-state index contributed by atoms with van der Waals surface area (Å²) in [4.78, 5) is 12.9. The summed E-state index contributed by atoms with van der Waals surface area (Å²) >= 11 is 1.48. The fraction of sp³-hybridized carbons (Fsp3) is 0.500. The predicted octanol–water partition coefficient (Wildman–Crippen LogP) is 1.83. The summed E-state index contributed by atoms with van der Waals surface area (Å²) in [6, 6.07) is 1.44. The normalized spacial score (nSPS) is 25.8. The molecule has 2 rings (SSSR count). The van der Waals surface area contributed by atoms with Gasteiger partial charge >= 0.3 is 0 Å². The minimum absolute atomic E-state index is 0.267. The lowest BCUT2D eigenvalue weighted by Crippen LogP contribution is -2.34. The summed E-state index contributed by atoms with van der Waals surface area (Å²) in [6.45, 7) is 1.17. The average molecular weight is 246 g/mol. The minimum Gasteiger partial charge on any atom is -0.316 e. The molecule has 2 atom stereocenters. The molecule has 1 aliphatic rings. The summed E-state index contributed by atoms with van der Waals surface area (Å²) in [5.41, 5.74) is 0.864. The van der Waals surface area contributed by atoms with Crippen LogP contribution in [-0.2, 0) is 4.79 Å². The van der Waals surface area contributed by atoms with E-state index in [0.29, 0.717) is 0 Å². The smallest absolute Gasteiger partial charge is 0.255 e. The monoisotopic (exact) mass is 246 g/mol. The zero-order valence-corrected chi connectivity index (χ0v) is 9.51. The van der Waals surface area contributed by atoms with E-state index in [-0.39, 0.29) is 5.91 Å². The molecule has 2 unspecified atom stereocenters. The van der Waals surface area contributed by atoms with E-state index in [0.717, 1.165) is 5.56 Å². The first-order valence-electron chi connectivity index (χ1n) is 4.96. The number of rotatable bonds is 3. The van der Waals surface area contributed by atoms with Gasteiger partial charge in [-0.3, -0.25) is 10.1 Å². The first-order valence-corrected chi connectivity index (χ1v) is 5.90. The van der Waals surface area contributed by atoms with Crippen molar-refractivity contribution in [3.63, 3.8) is 0 Å². The second kappa shape index (κ2) is 4.47. The van der Waals surface area contributed by atoms with Gasteiger partial charge in [0, 0.05) is 0 Å². The first kappa shape index (κ1) is 11.5. The predicted molar refractivity (Wildman–Crippen MR) is 57.4 cm³/mol. The quantitative estimate of drug-likeness (QED) is 0.882. The molecule has 0 saturated carbocycles. The van der Waals surface area contributed by atoms with Gasteiger partial charge in [-0.2, -0.15) is 11.3 Å². The van der Waals surface area contributed by atoms with Crippen molar-refractivity contribution in [2.45, 2.75) is 25.6 Å². The molecule has 1 saturated heterocycles. The largest absolute Gasteiger partial charge is 0.316 e. The van der Waals surface area contributed by atoms with Crippen LogP contribution in [-0.4, -0.2) is 29.8 Å². The van der Waals surface area contributed by atoms with Crippen molar-refractivity contribution in [1.29, 1.82) is 0 Å². The van der Waals surface area contributed by atoms with Crippen LogP contribution in [0.3, 0.4) is 0 Å². The third-order valence-corrected chi connectivity index (χ3v) is 3.27. The van der Waals surface area contributed by atoms with Crippen LogP contribution >= 0.6 is 11.3 Å². The summed E-state index contributed by atoms with van der Waals surface area (Å²) in [5.74, 6) is -0.267. The number of nitrogens with one attached hydrogen (secondary N) is 1. The highest BCUT2D eigenvalue weighted by Gasteiger charge is 2.38. The molecule has 3 nitrogen and oxygen atoms in total. The van der Waals surface area contributed by atoms with E-state index in [4.69, 9.17) is 0 Å². The summed E-state index contributed by atoms with van der Waals surface area (Å²) in [5, 5.41) is 6.74. The van der Waals surface area contributed by atoms with Crippen molar-refractivity contribution in [3.05, 3.63) is 22.4 Å². The second-order valence-electron chi connectivity index (χ2n) is 3.73. The van der Waals surface area contributed by atoms with Gasteiger partial charge in [-0.05, 0) is 29.3 Å². The topological polar surface area (TPSA) is 32.3 Å². The lowest BCUT2D eigenvalue weighted by molar-refractivity contribution is -0.131. The van der Waals surface area contributed by atoms with E-state index in [2.05, 4.69) is 5.32 Å². The van der Waals surface area contributed by atoms with Crippen LogP contribution < -0.4 is 5.32 Å². The maximum absolute atomic E-state index is 12.4. The van der Waals surface area contributed by atoms with Gasteiger partial charge in [-0.1, -0.05) is 0 Å². The van der Waals surface area contributed by atoms with Gasteiger partial charge < -0.3 is 4.90 Å². The number of thiophene rings is 1. The van der Waals surface area contributed by atoms with Crippen molar-refractivity contribution in [1.82, 2.24) is 10.2 Å². The van der Waals surface area contributed by atoms with Crippen molar-refractivity contribution < 1.29 is 13.6 Å². The maximum Gasteiger partial charge on any atom is 0.255 e. The van der Waals surface area contributed by atoms with E-state index in [1.54, 1.807) is 6.92 Å². The highest BCUT2D eigenvalue weighted by molar-refractivity contribution is 7.07. The van der Waals surface area contributed by atoms with Crippen LogP contribution in [0.5, 0.6) is 0 Å². The zero-order chi connectivity index (χ0) is 11.7.